The fraction of sp³-hybridized carbons (Fsp3) is 0.900. The molecule has 4 nitrogen and oxygen atoms in total. The highest BCUT2D eigenvalue weighted by Gasteiger charge is 2.49. The van der Waals surface area contributed by atoms with E-state index in [9.17, 15) is 4.79 Å². The Kier molecular flexibility index (Phi) is 2.49. The van der Waals surface area contributed by atoms with E-state index in [-0.39, 0.29) is 18.0 Å². The maximum absolute atomic E-state index is 11.3. The van der Waals surface area contributed by atoms with E-state index < -0.39 is 0 Å². The Hall–Kier alpha value is -0.610. The summed E-state index contributed by atoms with van der Waals surface area (Å²) in [5.41, 5.74) is 6.09. The first-order valence-electron chi connectivity index (χ1n) is 5.38. The van der Waals surface area contributed by atoms with Gasteiger partial charge in [-0.3, -0.25) is 9.69 Å². The van der Waals surface area contributed by atoms with Crippen LogP contribution >= 0.6 is 0 Å². The van der Waals surface area contributed by atoms with E-state index in [0.29, 0.717) is 18.4 Å². The van der Waals surface area contributed by atoms with Crippen LogP contribution in [-0.4, -0.2) is 42.5 Å². The Morgan fingerprint density at radius 2 is 2.36 bits per heavy atom. The second-order valence-electron chi connectivity index (χ2n) is 4.53. The van der Waals surface area contributed by atoms with E-state index >= 15 is 0 Å². The fourth-order valence-corrected chi connectivity index (χ4v) is 2.91. The van der Waals surface area contributed by atoms with Crippen LogP contribution in [0.15, 0.2) is 0 Å². The lowest BCUT2D eigenvalue weighted by atomic mass is 10.1. The van der Waals surface area contributed by atoms with Crippen LogP contribution in [0.4, 0.5) is 0 Å². The lowest BCUT2D eigenvalue weighted by Crippen LogP contribution is -2.51. The molecule has 3 N–H and O–H groups in total. The number of hydrogen-bond acceptors (Lipinski definition) is 3. The SMILES string of the molecule is CCC(=O)N[C@H]1C[C@@H]2CN(C)[C@H]1[C@@H]2N. The van der Waals surface area contributed by atoms with Gasteiger partial charge in [0, 0.05) is 31.1 Å². The quantitative estimate of drug-likeness (QED) is 0.630. The normalized spacial score (nSPS) is 41.6. The molecule has 1 aliphatic carbocycles. The number of likely N-dealkylation sites (tertiary alicyclic amines) is 1. The standard InChI is InChI=1S/C10H19N3O/c1-3-8(14)12-7-4-6-5-13(2)10(7)9(6)11/h6-7,9-10H,3-5,11H2,1-2H3,(H,12,14)/t6-,7+,9-,10-/m1/s1. The smallest absolute Gasteiger partial charge is 0.219 e. The van der Waals surface area contributed by atoms with Gasteiger partial charge in [-0.1, -0.05) is 6.92 Å². The molecule has 0 aromatic rings. The van der Waals surface area contributed by atoms with Crippen molar-refractivity contribution in [3.05, 3.63) is 0 Å². The second kappa shape index (κ2) is 3.51. The Balaban J connectivity index is 2.00. The van der Waals surface area contributed by atoms with Gasteiger partial charge in [0.25, 0.3) is 0 Å². The third-order valence-electron chi connectivity index (χ3n) is 3.61. The van der Waals surface area contributed by atoms with E-state index in [1.54, 1.807) is 0 Å². The van der Waals surface area contributed by atoms with Crippen molar-refractivity contribution in [2.24, 2.45) is 11.7 Å². The zero-order chi connectivity index (χ0) is 10.3. The molecule has 0 radical (unpaired) electrons. The van der Waals surface area contributed by atoms with E-state index in [1.807, 2.05) is 6.92 Å². The van der Waals surface area contributed by atoms with E-state index in [4.69, 9.17) is 5.73 Å². The summed E-state index contributed by atoms with van der Waals surface area (Å²) < 4.78 is 0. The predicted molar refractivity (Wildman–Crippen MR) is 54.7 cm³/mol. The summed E-state index contributed by atoms with van der Waals surface area (Å²) in [6.07, 6.45) is 1.62. The Bertz CT molecular complexity index is 244. The van der Waals surface area contributed by atoms with Crippen LogP contribution in [0.1, 0.15) is 19.8 Å². The van der Waals surface area contributed by atoms with Gasteiger partial charge in [-0.05, 0) is 19.4 Å². The maximum Gasteiger partial charge on any atom is 0.219 e. The second-order valence-corrected chi connectivity index (χ2v) is 4.53. The average molecular weight is 197 g/mol. The highest BCUT2D eigenvalue weighted by Crippen LogP contribution is 2.35. The van der Waals surface area contributed by atoms with Gasteiger partial charge in [0.2, 0.25) is 5.91 Å². The average Bonchev–Trinajstić information content (AvgIpc) is 2.57. The number of hydrogen-bond donors (Lipinski definition) is 2. The molecule has 1 saturated heterocycles. The first-order valence-corrected chi connectivity index (χ1v) is 5.38. The maximum atomic E-state index is 11.3. The first kappa shape index (κ1) is 9.93. The number of piperidine rings is 1. The van der Waals surface area contributed by atoms with Gasteiger partial charge in [0.1, 0.15) is 0 Å². The summed E-state index contributed by atoms with van der Waals surface area (Å²) in [4.78, 5) is 13.6. The number of rotatable bonds is 2. The van der Waals surface area contributed by atoms with Gasteiger partial charge in [-0.25, -0.2) is 0 Å². The molecule has 14 heavy (non-hydrogen) atoms. The highest BCUT2D eigenvalue weighted by atomic mass is 16.1. The van der Waals surface area contributed by atoms with E-state index in [0.717, 1.165) is 13.0 Å². The topological polar surface area (TPSA) is 58.4 Å². The molecule has 4 atom stereocenters. The van der Waals surface area contributed by atoms with Crippen LogP contribution in [0.2, 0.25) is 0 Å². The number of nitrogens with one attached hydrogen (secondary N) is 1. The minimum atomic E-state index is 0.142. The molecule has 0 unspecified atom stereocenters. The van der Waals surface area contributed by atoms with Crippen LogP contribution in [0, 0.1) is 5.92 Å². The number of nitrogens with zero attached hydrogens (tertiary/aromatic N) is 1. The number of amides is 1. The number of fused-ring (bicyclic) bond motifs is 2. The summed E-state index contributed by atoms with van der Waals surface area (Å²) in [6, 6.07) is 0.888. The number of carbonyl (C=O) groups excluding carboxylic acids is 1. The van der Waals surface area contributed by atoms with Crippen molar-refractivity contribution in [1.29, 1.82) is 0 Å². The van der Waals surface area contributed by atoms with Gasteiger partial charge in [-0.2, -0.15) is 0 Å². The number of carbonyl (C=O) groups is 1. The molecule has 2 fully saturated rings. The molecular weight excluding hydrogens is 178 g/mol. The van der Waals surface area contributed by atoms with Gasteiger partial charge in [0.15, 0.2) is 0 Å². The van der Waals surface area contributed by atoms with Gasteiger partial charge in [-0.15, -0.1) is 0 Å². The van der Waals surface area contributed by atoms with Crippen molar-refractivity contribution in [3.8, 4) is 0 Å². The molecule has 1 saturated carbocycles. The van der Waals surface area contributed by atoms with Crippen LogP contribution in [0.3, 0.4) is 0 Å². The van der Waals surface area contributed by atoms with Gasteiger partial charge >= 0.3 is 0 Å². The molecule has 2 rings (SSSR count). The minimum Gasteiger partial charge on any atom is -0.352 e. The van der Waals surface area contributed by atoms with Crippen LogP contribution < -0.4 is 11.1 Å². The third-order valence-corrected chi connectivity index (χ3v) is 3.61. The molecule has 2 aliphatic rings. The molecule has 2 bridgehead atoms. The molecule has 4 heteroatoms. The minimum absolute atomic E-state index is 0.142. The van der Waals surface area contributed by atoms with Gasteiger partial charge < -0.3 is 11.1 Å². The zero-order valence-electron chi connectivity index (χ0n) is 8.86. The Morgan fingerprint density at radius 3 is 2.86 bits per heavy atom. The van der Waals surface area contributed by atoms with Crippen molar-refractivity contribution in [2.75, 3.05) is 13.6 Å². The van der Waals surface area contributed by atoms with Crippen LogP contribution in [0.5, 0.6) is 0 Å². The van der Waals surface area contributed by atoms with Crippen molar-refractivity contribution in [3.63, 3.8) is 0 Å². The van der Waals surface area contributed by atoms with E-state index in [2.05, 4.69) is 17.3 Å². The van der Waals surface area contributed by atoms with E-state index in [1.165, 1.54) is 0 Å². The van der Waals surface area contributed by atoms with Crippen LogP contribution in [0.25, 0.3) is 0 Å². The number of nitrogens with two attached hydrogens (primary N) is 1. The first-order chi connectivity index (χ1) is 6.63. The summed E-state index contributed by atoms with van der Waals surface area (Å²) in [5, 5.41) is 3.06. The summed E-state index contributed by atoms with van der Waals surface area (Å²) in [5.74, 6) is 0.718. The Morgan fingerprint density at radius 1 is 1.64 bits per heavy atom. The van der Waals surface area contributed by atoms with Crippen molar-refractivity contribution in [2.45, 2.75) is 37.9 Å². The van der Waals surface area contributed by atoms with Crippen LogP contribution in [-0.2, 0) is 4.79 Å². The molecule has 0 aromatic carbocycles. The third kappa shape index (κ3) is 1.42. The monoisotopic (exact) mass is 197 g/mol. The van der Waals surface area contributed by atoms with Crippen molar-refractivity contribution in [1.82, 2.24) is 10.2 Å². The Labute approximate surface area is 84.8 Å². The summed E-state index contributed by atoms with van der Waals surface area (Å²) in [6.45, 7) is 2.97. The van der Waals surface area contributed by atoms with Gasteiger partial charge in [0.05, 0.1) is 0 Å². The zero-order valence-corrected chi connectivity index (χ0v) is 8.86. The van der Waals surface area contributed by atoms with Crippen molar-refractivity contribution >= 4 is 5.91 Å². The number of likely N-dealkylation sites (N-methyl/N-ethyl adjacent to an activating group) is 1. The molecule has 0 aromatic heterocycles. The molecule has 1 amide bonds. The molecule has 1 aliphatic heterocycles. The summed E-state index contributed by atoms with van der Waals surface area (Å²) >= 11 is 0. The highest BCUT2D eigenvalue weighted by molar-refractivity contribution is 5.76. The fourth-order valence-electron chi connectivity index (χ4n) is 2.91. The molecular formula is C10H19N3O. The molecule has 0 spiro atoms. The molecule has 1 heterocycles. The van der Waals surface area contributed by atoms with Crippen molar-refractivity contribution < 1.29 is 4.79 Å². The summed E-state index contributed by atoms with van der Waals surface area (Å²) in [7, 11) is 2.09. The molecule has 80 valence electrons. The predicted octanol–water partition coefficient (Wildman–Crippen LogP) is -0.458. The largest absolute Gasteiger partial charge is 0.352 e. The lowest BCUT2D eigenvalue weighted by molar-refractivity contribution is -0.121. The lowest BCUT2D eigenvalue weighted by Gasteiger charge is -2.30.